The molecule has 7 nitrogen and oxygen atoms in total. The standard InChI is InChI=1S/C13H14BrN5O2/c14-9-3-5-10(6-4-9)19-17-12(16-18-19)13(20)15-8-11-2-1-7-21-11/h3-6,11H,1-2,7-8H2,(H,15,20)/t11-/m0/s1. The van der Waals surface area contributed by atoms with Gasteiger partial charge in [-0.2, -0.15) is 0 Å². The predicted molar refractivity (Wildman–Crippen MR) is 78.2 cm³/mol. The van der Waals surface area contributed by atoms with E-state index >= 15 is 0 Å². The van der Waals surface area contributed by atoms with E-state index in [1.807, 2.05) is 24.3 Å². The molecule has 0 radical (unpaired) electrons. The monoisotopic (exact) mass is 351 g/mol. The number of carbonyl (C=O) groups is 1. The van der Waals surface area contributed by atoms with Crippen LogP contribution in [0.4, 0.5) is 0 Å². The summed E-state index contributed by atoms with van der Waals surface area (Å²) in [5, 5.41) is 14.5. The van der Waals surface area contributed by atoms with E-state index in [2.05, 4.69) is 36.7 Å². The maximum atomic E-state index is 11.9. The summed E-state index contributed by atoms with van der Waals surface area (Å²) in [6.07, 6.45) is 2.10. The summed E-state index contributed by atoms with van der Waals surface area (Å²) in [6.45, 7) is 1.24. The number of tetrazole rings is 1. The molecule has 1 aliphatic rings. The fourth-order valence-corrected chi connectivity index (χ4v) is 2.34. The predicted octanol–water partition coefficient (Wildman–Crippen LogP) is 1.33. The lowest BCUT2D eigenvalue weighted by Gasteiger charge is -2.08. The minimum absolute atomic E-state index is 0.0518. The van der Waals surface area contributed by atoms with Gasteiger partial charge in [-0.1, -0.05) is 15.9 Å². The molecule has 1 N–H and O–H groups in total. The van der Waals surface area contributed by atoms with E-state index in [0.717, 1.165) is 29.6 Å². The molecule has 0 bridgehead atoms. The molecule has 0 unspecified atom stereocenters. The van der Waals surface area contributed by atoms with Crippen LogP contribution in [0.1, 0.15) is 23.5 Å². The number of halogens is 1. The van der Waals surface area contributed by atoms with E-state index in [1.54, 1.807) is 0 Å². The first-order valence-corrected chi connectivity index (χ1v) is 7.47. The summed E-state index contributed by atoms with van der Waals surface area (Å²) >= 11 is 3.36. The summed E-state index contributed by atoms with van der Waals surface area (Å²) in [5.41, 5.74) is 0.740. The van der Waals surface area contributed by atoms with Gasteiger partial charge in [-0.3, -0.25) is 4.79 Å². The second kappa shape index (κ2) is 6.31. The summed E-state index contributed by atoms with van der Waals surface area (Å²) in [6, 6.07) is 7.41. The van der Waals surface area contributed by atoms with Gasteiger partial charge in [0.25, 0.3) is 11.7 Å². The van der Waals surface area contributed by atoms with E-state index < -0.39 is 0 Å². The van der Waals surface area contributed by atoms with Crippen molar-refractivity contribution in [2.24, 2.45) is 0 Å². The van der Waals surface area contributed by atoms with Crippen molar-refractivity contribution in [3.05, 3.63) is 34.6 Å². The molecule has 1 amide bonds. The van der Waals surface area contributed by atoms with Crippen LogP contribution in [0.15, 0.2) is 28.7 Å². The van der Waals surface area contributed by atoms with Gasteiger partial charge in [0.1, 0.15) is 0 Å². The van der Waals surface area contributed by atoms with Crippen LogP contribution in [0.2, 0.25) is 0 Å². The third-order valence-corrected chi connectivity index (χ3v) is 3.72. The molecular formula is C13H14BrN5O2. The lowest BCUT2D eigenvalue weighted by atomic mass is 10.2. The average molecular weight is 352 g/mol. The average Bonchev–Trinajstić information content (AvgIpc) is 3.17. The Bertz CT molecular complexity index is 622. The van der Waals surface area contributed by atoms with Crippen molar-refractivity contribution in [3.8, 4) is 5.69 Å². The third-order valence-electron chi connectivity index (χ3n) is 3.19. The molecule has 1 saturated heterocycles. The Morgan fingerprint density at radius 3 is 2.95 bits per heavy atom. The fourth-order valence-electron chi connectivity index (χ4n) is 2.08. The summed E-state index contributed by atoms with van der Waals surface area (Å²) in [4.78, 5) is 13.3. The van der Waals surface area contributed by atoms with Crippen LogP contribution in [-0.2, 0) is 4.74 Å². The first-order chi connectivity index (χ1) is 10.2. The Balaban J connectivity index is 1.63. The van der Waals surface area contributed by atoms with Gasteiger partial charge in [-0.05, 0) is 42.3 Å². The van der Waals surface area contributed by atoms with Gasteiger partial charge >= 0.3 is 0 Å². The highest BCUT2D eigenvalue weighted by Gasteiger charge is 2.19. The van der Waals surface area contributed by atoms with Gasteiger partial charge in [0.15, 0.2) is 0 Å². The lowest BCUT2D eigenvalue weighted by Crippen LogP contribution is -2.32. The highest BCUT2D eigenvalue weighted by molar-refractivity contribution is 9.10. The van der Waals surface area contributed by atoms with Crippen molar-refractivity contribution in [1.82, 2.24) is 25.5 Å². The van der Waals surface area contributed by atoms with Crippen molar-refractivity contribution < 1.29 is 9.53 Å². The minimum Gasteiger partial charge on any atom is -0.376 e. The zero-order valence-corrected chi connectivity index (χ0v) is 12.8. The highest BCUT2D eigenvalue weighted by atomic mass is 79.9. The Kier molecular flexibility index (Phi) is 4.26. The molecule has 21 heavy (non-hydrogen) atoms. The Morgan fingerprint density at radius 2 is 2.24 bits per heavy atom. The van der Waals surface area contributed by atoms with Gasteiger partial charge in [0.05, 0.1) is 11.8 Å². The molecule has 110 valence electrons. The number of rotatable bonds is 4. The van der Waals surface area contributed by atoms with E-state index in [0.29, 0.717) is 6.54 Å². The van der Waals surface area contributed by atoms with E-state index in [-0.39, 0.29) is 17.8 Å². The van der Waals surface area contributed by atoms with Crippen molar-refractivity contribution in [2.45, 2.75) is 18.9 Å². The quantitative estimate of drug-likeness (QED) is 0.898. The molecule has 0 spiro atoms. The van der Waals surface area contributed by atoms with Crippen LogP contribution in [0, 0.1) is 0 Å². The van der Waals surface area contributed by atoms with Crippen LogP contribution in [-0.4, -0.2) is 45.4 Å². The molecule has 8 heteroatoms. The fraction of sp³-hybridized carbons (Fsp3) is 0.385. The Morgan fingerprint density at radius 1 is 1.43 bits per heavy atom. The normalized spacial score (nSPS) is 17.9. The maximum absolute atomic E-state index is 11.9. The third kappa shape index (κ3) is 3.45. The minimum atomic E-state index is -0.339. The number of aromatic nitrogens is 4. The second-order valence-electron chi connectivity index (χ2n) is 4.72. The van der Waals surface area contributed by atoms with Crippen molar-refractivity contribution in [2.75, 3.05) is 13.2 Å². The molecule has 1 aromatic heterocycles. The summed E-state index contributed by atoms with van der Waals surface area (Å²) in [7, 11) is 0. The topological polar surface area (TPSA) is 81.9 Å². The molecule has 0 aliphatic carbocycles. The molecule has 3 rings (SSSR count). The van der Waals surface area contributed by atoms with Gasteiger partial charge < -0.3 is 10.1 Å². The number of benzene rings is 1. The molecule has 1 fully saturated rings. The molecule has 1 atom stereocenters. The molecule has 1 aliphatic heterocycles. The molecule has 2 aromatic rings. The summed E-state index contributed by atoms with van der Waals surface area (Å²) < 4.78 is 6.40. The number of carbonyl (C=O) groups excluding carboxylic acids is 1. The molecule has 2 heterocycles. The lowest BCUT2D eigenvalue weighted by molar-refractivity contribution is 0.0849. The zero-order chi connectivity index (χ0) is 14.7. The number of hydrogen-bond acceptors (Lipinski definition) is 5. The summed E-state index contributed by atoms with van der Waals surface area (Å²) in [5.74, 6) is -0.287. The number of ether oxygens (including phenoxy) is 1. The van der Waals surface area contributed by atoms with Crippen molar-refractivity contribution in [3.63, 3.8) is 0 Å². The van der Waals surface area contributed by atoms with Crippen molar-refractivity contribution >= 4 is 21.8 Å². The Hall–Kier alpha value is -1.80. The van der Waals surface area contributed by atoms with Crippen LogP contribution in [0.25, 0.3) is 5.69 Å². The van der Waals surface area contributed by atoms with Crippen molar-refractivity contribution in [1.29, 1.82) is 0 Å². The zero-order valence-electron chi connectivity index (χ0n) is 11.2. The maximum Gasteiger partial charge on any atom is 0.293 e. The number of nitrogens with zero attached hydrogens (tertiary/aromatic N) is 4. The number of amides is 1. The van der Waals surface area contributed by atoms with Crippen LogP contribution in [0.3, 0.4) is 0 Å². The van der Waals surface area contributed by atoms with Crippen LogP contribution < -0.4 is 5.32 Å². The second-order valence-corrected chi connectivity index (χ2v) is 5.64. The van der Waals surface area contributed by atoms with E-state index in [9.17, 15) is 4.79 Å². The SMILES string of the molecule is O=C(NC[C@@H]1CCCO1)c1nnn(-c2ccc(Br)cc2)n1. The molecular weight excluding hydrogens is 338 g/mol. The largest absolute Gasteiger partial charge is 0.376 e. The molecule has 1 aromatic carbocycles. The first-order valence-electron chi connectivity index (χ1n) is 6.68. The van der Waals surface area contributed by atoms with Gasteiger partial charge in [-0.25, -0.2) is 0 Å². The Labute approximate surface area is 129 Å². The number of nitrogens with one attached hydrogen (secondary N) is 1. The van der Waals surface area contributed by atoms with E-state index in [1.165, 1.54) is 4.80 Å². The van der Waals surface area contributed by atoms with Gasteiger partial charge in [-0.15, -0.1) is 15.0 Å². The van der Waals surface area contributed by atoms with E-state index in [4.69, 9.17) is 4.74 Å². The highest BCUT2D eigenvalue weighted by Crippen LogP contribution is 2.12. The number of hydrogen-bond donors (Lipinski definition) is 1. The molecule has 0 saturated carbocycles. The van der Waals surface area contributed by atoms with Gasteiger partial charge in [0.2, 0.25) is 0 Å². The van der Waals surface area contributed by atoms with Crippen LogP contribution >= 0.6 is 15.9 Å². The van der Waals surface area contributed by atoms with Crippen LogP contribution in [0.5, 0.6) is 0 Å². The first kappa shape index (κ1) is 14.2. The van der Waals surface area contributed by atoms with Gasteiger partial charge in [0, 0.05) is 17.6 Å². The smallest absolute Gasteiger partial charge is 0.293 e.